The molecule has 0 aliphatic carbocycles. The first-order chi connectivity index (χ1) is 7.40. The number of hydrogen-bond acceptors (Lipinski definition) is 4. The van der Waals surface area contributed by atoms with E-state index < -0.39 is 0 Å². The van der Waals surface area contributed by atoms with E-state index in [4.69, 9.17) is 0 Å². The summed E-state index contributed by atoms with van der Waals surface area (Å²) in [4.78, 5) is 15.9. The van der Waals surface area contributed by atoms with Gasteiger partial charge in [-0.15, -0.1) is 11.8 Å². The molecule has 3 rings (SSSR count). The van der Waals surface area contributed by atoms with Crippen molar-refractivity contribution in [3.05, 3.63) is 24.8 Å². The van der Waals surface area contributed by atoms with E-state index in [1.165, 1.54) is 0 Å². The molecule has 2 heterocycles. The smallest absolute Gasteiger partial charge is 0.117 e. The average Bonchev–Trinajstić information content (AvgIpc) is 2.76. The second kappa shape index (κ2) is 3.20. The van der Waals surface area contributed by atoms with Crippen molar-refractivity contribution in [1.82, 2.24) is 19.9 Å². The van der Waals surface area contributed by atoms with E-state index in [2.05, 4.69) is 19.9 Å². The second-order valence-electron chi connectivity index (χ2n) is 3.14. The Bertz CT molecular complexity index is 631. The molecule has 0 saturated carbocycles. The zero-order valence-electron chi connectivity index (χ0n) is 8.06. The Labute approximate surface area is 90.2 Å². The number of fused-ring (bicyclic) bond motifs is 3. The maximum absolute atomic E-state index is 4.31. The first kappa shape index (κ1) is 8.67. The third-order valence-corrected chi connectivity index (χ3v) is 3.04. The first-order valence-corrected chi connectivity index (χ1v) is 5.73. The van der Waals surface area contributed by atoms with Crippen LogP contribution in [0.25, 0.3) is 21.9 Å². The Morgan fingerprint density at radius 2 is 2.13 bits per heavy atom. The van der Waals surface area contributed by atoms with Gasteiger partial charge in [-0.3, -0.25) is 0 Å². The van der Waals surface area contributed by atoms with Crippen LogP contribution in [0.5, 0.6) is 0 Å². The third kappa shape index (κ3) is 1.20. The summed E-state index contributed by atoms with van der Waals surface area (Å²) in [5, 5.41) is 2.00. The predicted octanol–water partition coefficient (Wildman–Crippen LogP) is 2.23. The van der Waals surface area contributed by atoms with Crippen LogP contribution in [0.2, 0.25) is 0 Å². The molecule has 0 aliphatic rings. The van der Waals surface area contributed by atoms with E-state index in [0.717, 1.165) is 27.0 Å². The van der Waals surface area contributed by atoms with Gasteiger partial charge in [0, 0.05) is 0 Å². The van der Waals surface area contributed by atoms with Gasteiger partial charge in [0.2, 0.25) is 0 Å². The molecular weight excluding hydrogens is 208 g/mol. The summed E-state index contributed by atoms with van der Waals surface area (Å²) in [6.07, 6.45) is 5.29. The van der Waals surface area contributed by atoms with E-state index in [1.54, 1.807) is 24.4 Å². The molecule has 15 heavy (non-hydrogen) atoms. The van der Waals surface area contributed by atoms with Gasteiger partial charge in [-0.1, -0.05) is 0 Å². The quantitative estimate of drug-likeness (QED) is 0.500. The lowest BCUT2D eigenvalue weighted by molar-refractivity contribution is 1.11. The molecule has 1 aromatic carbocycles. The summed E-state index contributed by atoms with van der Waals surface area (Å²) in [7, 11) is 0. The summed E-state index contributed by atoms with van der Waals surface area (Å²) >= 11 is 1.61. The van der Waals surface area contributed by atoms with Crippen LogP contribution in [-0.2, 0) is 0 Å². The minimum atomic E-state index is 0.939. The van der Waals surface area contributed by atoms with E-state index in [9.17, 15) is 0 Å². The van der Waals surface area contributed by atoms with E-state index in [1.807, 2.05) is 18.4 Å². The number of H-pyrrole nitrogens is 1. The molecule has 74 valence electrons. The highest BCUT2D eigenvalue weighted by Gasteiger charge is 2.08. The van der Waals surface area contributed by atoms with Crippen LogP contribution in [0.3, 0.4) is 0 Å². The summed E-state index contributed by atoms with van der Waals surface area (Å²) in [6.45, 7) is 0. The van der Waals surface area contributed by atoms with Crippen LogP contribution >= 0.6 is 11.8 Å². The minimum Gasteiger partial charge on any atom is -0.345 e. The van der Waals surface area contributed by atoms with Crippen LogP contribution in [0, 0.1) is 0 Å². The molecule has 0 bridgehead atoms. The van der Waals surface area contributed by atoms with E-state index >= 15 is 0 Å². The first-order valence-electron chi connectivity index (χ1n) is 4.51. The number of hydrogen-bond donors (Lipinski definition) is 1. The Morgan fingerprint density at radius 1 is 1.20 bits per heavy atom. The highest BCUT2D eigenvalue weighted by Crippen LogP contribution is 2.27. The predicted molar refractivity (Wildman–Crippen MR) is 61.0 cm³/mol. The average molecular weight is 216 g/mol. The Morgan fingerprint density at radius 3 is 3.00 bits per heavy atom. The van der Waals surface area contributed by atoms with Crippen LogP contribution in [0.1, 0.15) is 0 Å². The van der Waals surface area contributed by atoms with Crippen molar-refractivity contribution in [2.45, 2.75) is 5.03 Å². The van der Waals surface area contributed by atoms with Crippen LogP contribution < -0.4 is 0 Å². The largest absolute Gasteiger partial charge is 0.345 e. The lowest BCUT2D eigenvalue weighted by Gasteiger charge is -2.01. The van der Waals surface area contributed by atoms with Crippen molar-refractivity contribution in [3.8, 4) is 0 Å². The van der Waals surface area contributed by atoms with Gasteiger partial charge in [-0.25, -0.2) is 15.0 Å². The fourth-order valence-electron chi connectivity index (χ4n) is 1.68. The molecular formula is C10H8N4S. The molecule has 0 atom stereocenters. The number of thioether (sulfide) groups is 1. The number of aromatic nitrogens is 4. The SMILES string of the molecule is CSc1ncnc2ccc3[nH]cnc3c12. The number of imidazole rings is 1. The molecule has 1 N–H and O–H groups in total. The second-order valence-corrected chi connectivity index (χ2v) is 3.94. The van der Waals surface area contributed by atoms with Gasteiger partial charge in [0.25, 0.3) is 0 Å². The summed E-state index contributed by atoms with van der Waals surface area (Å²) in [5.41, 5.74) is 2.90. The number of nitrogens with one attached hydrogen (secondary N) is 1. The van der Waals surface area contributed by atoms with Crippen molar-refractivity contribution in [2.75, 3.05) is 6.26 Å². The minimum absolute atomic E-state index is 0.939. The Balaban J connectivity index is 2.58. The van der Waals surface area contributed by atoms with Gasteiger partial charge in [0.15, 0.2) is 0 Å². The van der Waals surface area contributed by atoms with Crippen molar-refractivity contribution in [2.24, 2.45) is 0 Å². The molecule has 0 aliphatic heterocycles. The maximum Gasteiger partial charge on any atom is 0.117 e. The molecule has 0 amide bonds. The monoisotopic (exact) mass is 216 g/mol. The lowest BCUT2D eigenvalue weighted by Crippen LogP contribution is -1.87. The molecule has 0 radical (unpaired) electrons. The fourth-order valence-corrected chi connectivity index (χ4v) is 2.24. The topological polar surface area (TPSA) is 54.5 Å². The van der Waals surface area contributed by atoms with Crippen molar-refractivity contribution in [1.29, 1.82) is 0 Å². The summed E-state index contributed by atoms with van der Waals surface area (Å²) in [5.74, 6) is 0. The summed E-state index contributed by atoms with van der Waals surface area (Å²) in [6, 6.07) is 3.97. The van der Waals surface area contributed by atoms with Gasteiger partial charge in [-0.2, -0.15) is 0 Å². The normalized spacial score (nSPS) is 11.3. The van der Waals surface area contributed by atoms with Crippen molar-refractivity contribution in [3.63, 3.8) is 0 Å². The zero-order valence-corrected chi connectivity index (χ0v) is 8.88. The number of benzene rings is 1. The molecule has 0 fully saturated rings. The van der Waals surface area contributed by atoms with E-state index in [-0.39, 0.29) is 0 Å². The van der Waals surface area contributed by atoms with Gasteiger partial charge in [0.05, 0.1) is 22.7 Å². The molecule has 0 unspecified atom stereocenters. The van der Waals surface area contributed by atoms with Gasteiger partial charge >= 0.3 is 0 Å². The van der Waals surface area contributed by atoms with Crippen LogP contribution in [-0.4, -0.2) is 26.2 Å². The number of aromatic amines is 1. The molecule has 0 saturated heterocycles. The lowest BCUT2D eigenvalue weighted by atomic mass is 10.2. The molecule has 2 aromatic heterocycles. The molecule has 5 heteroatoms. The van der Waals surface area contributed by atoms with Crippen LogP contribution in [0.15, 0.2) is 29.8 Å². The molecule has 3 aromatic rings. The standard InChI is InChI=1S/C10H8N4S/c1-15-10-8-6(11-5-14-10)2-3-7-9(8)13-4-12-7/h2-5H,1H3,(H,12,13). The number of rotatable bonds is 1. The van der Waals surface area contributed by atoms with Crippen molar-refractivity contribution >= 4 is 33.7 Å². The van der Waals surface area contributed by atoms with Crippen LogP contribution in [0.4, 0.5) is 0 Å². The third-order valence-electron chi connectivity index (χ3n) is 2.35. The van der Waals surface area contributed by atoms with Gasteiger partial charge < -0.3 is 4.98 Å². The summed E-state index contributed by atoms with van der Waals surface area (Å²) < 4.78 is 0. The zero-order chi connectivity index (χ0) is 10.3. The highest BCUT2D eigenvalue weighted by molar-refractivity contribution is 7.98. The van der Waals surface area contributed by atoms with E-state index in [0.29, 0.717) is 0 Å². The Hall–Kier alpha value is -1.62. The highest BCUT2D eigenvalue weighted by atomic mass is 32.2. The fraction of sp³-hybridized carbons (Fsp3) is 0.100. The maximum atomic E-state index is 4.31. The number of nitrogens with zero attached hydrogens (tertiary/aromatic N) is 3. The van der Waals surface area contributed by atoms with Gasteiger partial charge in [-0.05, 0) is 18.4 Å². The molecule has 4 nitrogen and oxygen atoms in total. The van der Waals surface area contributed by atoms with Crippen molar-refractivity contribution < 1.29 is 0 Å². The molecule has 0 spiro atoms. The van der Waals surface area contributed by atoms with Gasteiger partial charge in [0.1, 0.15) is 16.9 Å². The Kier molecular flexibility index (Phi) is 1.85.